The van der Waals surface area contributed by atoms with Gasteiger partial charge < -0.3 is 40.7 Å². The number of carboxylic acid groups (broad SMARTS) is 1. The monoisotopic (exact) mass is 590 g/mol. The van der Waals surface area contributed by atoms with Crippen molar-refractivity contribution in [1.82, 2.24) is 20.5 Å². The van der Waals surface area contributed by atoms with Crippen LogP contribution >= 0.6 is 0 Å². The molecule has 13 heteroatoms. The lowest BCUT2D eigenvalue weighted by atomic mass is 10.2. The largest absolute Gasteiger partial charge is 0.480 e. The zero-order valence-electron chi connectivity index (χ0n) is 23.3. The Labute approximate surface area is 248 Å². The van der Waals surface area contributed by atoms with Crippen molar-refractivity contribution in [2.24, 2.45) is 0 Å². The van der Waals surface area contributed by atoms with Crippen molar-refractivity contribution < 1.29 is 33.8 Å². The number of benzene rings is 2. The molecule has 0 unspecified atom stereocenters. The third-order valence-electron chi connectivity index (χ3n) is 6.59. The summed E-state index contributed by atoms with van der Waals surface area (Å²) in [5, 5.41) is 20.0. The van der Waals surface area contributed by atoms with Crippen LogP contribution in [0.15, 0.2) is 85.1 Å². The molecule has 1 aliphatic heterocycles. The van der Waals surface area contributed by atoms with E-state index < -0.39 is 36.1 Å². The molecule has 3 atom stereocenters. The molecule has 0 radical (unpaired) electrons. The minimum absolute atomic E-state index is 0.118. The van der Waals surface area contributed by atoms with E-state index >= 15 is 0 Å². The van der Waals surface area contributed by atoms with Gasteiger partial charge in [0.05, 0.1) is 18.7 Å². The number of para-hydroxylation sites is 1. The van der Waals surface area contributed by atoms with Crippen LogP contribution in [0.4, 0.5) is 21.1 Å². The highest BCUT2D eigenvalue weighted by atomic mass is 16.6. The van der Waals surface area contributed by atoms with Gasteiger partial charge >= 0.3 is 18.1 Å². The molecule has 0 saturated carbocycles. The number of carbonyl (C=O) groups excluding carboxylic acids is 3. The first-order chi connectivity index (χ1) is 20.9. The summed E-state index contributed by atoms with van der Waals surface area (Å²) < 4.78 is 11.3. The van der Waals surface area contributed by atoms with Gasteiger partial charge in [0.25, 0.3) is 0 Å². The van der Waals surface area contributed by atoms with E-state index in [9.17, 15) is 24.3 Å². The van der Waals surface area contributed by atoms with Gasteiger partial charge in [-0.05, 0) is 36.2 Å². The molecule has 5 N–H and O–H groups in total. The molecular formula is C30H34N6O7. The van der Waals surface area contributed by atoms with Crippen molar-refractivity contribution in [3.8, 4) is 0 Å². The van der Waals surface area contributed by atoms with E-state index in [2.05, 4.69) is 26.3 Å². The Morgan fingerprint density at radius 3 is 2.40 bits per heavy atom. The first-order valence-corrected chi connectivity index (χ1v) is 13.7. The van der Waals surface area contributed by atoms with Gasteiger partial charge in [0.2, 0.25) is 5.91 Å². The Morgan fingerprint density at radius 1 is 0.977 bits per heavy atom. The molecule has 1 fully saturated rings. The smallest absolute Gasteiger partial charge is 0.410 e. The summed E-state index contributed by atoms with van der Waals surface area (Å²) in [4.78, 5) is 55.1. The fourth-order valence-corrected chi connectivity index (χ4v) is 4.41. The lowest BCUT2D eigenvalue weighted by Gasteiger charge is -2.24. The molecule has 13 nitrogen and oxygen atoms in total. The van der Waals surface area contributed by atoms with Gasteiger partial charge in [0.1, 0.15) is 25.1 Å². The number of pyridine rings is 1. The van der Waals surface area contributed by atoms with Crippen LogP contribution in [0, 0.1) is 0 Å². The van der Waals surface area contributed by atoms with Crippen LogP contribution in [0.1, 0.15) is 12.0 Å². The number of aliphatic carboxylic acids is 1. The van der Waals surface area contributed by atoms with E-state index in [-0.39, 0.29) is 32.3 Å². The normalized spacial score (nSPS) is 16.5. The Hall–Kier alpha value is -5.17. The minimum atomic E-state index is -1.36. The first kappa shape index (κ1) is 30.8. The molecular weight excluding hydrogens is 556 g/mol. The van der Waals surface area contributed by atoms with Gasteiger partial charge in [0.15, 0.2) is 0 Å². The van der Waals surface area contributed by atoms with Crippen molar-refractivity contribution in [1.29, 1.82) is 0 Å². The third-order valence-corrected chi connectivity index (χ3v) is 6.59. The summed E-state index contributed by atoms with van der Waals surface area (Å²) in [6.07, 6.45) is 1.13. The van der Waals surface area contributed by atoms with Crippen molar-refractivity contribution in [3.05, 3.63) is 90.6 Å². The summed E-state index contributed by atoms with van der Waals surface area (Å²) in [6.45, 7) is 0.00105. The molecule has 0 spiro atoms. The minimum Gasteiger partial charge on any atom is -0.480 e. The lowest BCUT2D eigenvalue weighted by Crippen LogP contribution is -2.50. The van der Waals surface area contributed by atoms with E-state index in [4.69, 9.17) is 9.47 Å². The van der Waals surface area contributed by atoms with E-state index in [1.54, 1.807) is 47.5 Å². The lowest BCUT2D eigenvalue weighted by molar-refractivity contribution is -0.139. The molecule has 226 valence electrons. The Bertz CT molecular complexity index is 1350. The van der Waals surface area contributed by atoms with Crippen LogP contribution < -0.4 is 21.3 Å². The second-order valence-electron chi connectivity index (χ2n) is 9.77. The number of nitrogens with zero attached hydrogens (tertiary/aromatic N) is 2. The molecule has 4 rings (SSSR count). The van der Waals surface area contributed by atoms with Crippen LogP contribution in [-0.2, 0) is 25.7 Å². The standard InChI is InChI=1S/C30H34N6O7/c37-27(33-17-25(28(38)39)35-29(40)34-22-11-5-2-6-12-22)20-42-24-15-23(16-32-26-13-7-8-14-31-26)36(18-24)30(41)43-19-21-9-3-1-4-10-21/h1-14,23-25H,15-20H2,(H,31,32)(H,33,37)(H,38,39)(H2,34,35,40)/t23-,24+,25-/m0/s1. The number of anilines is 2. The third kappa shape index (κ3) is 10.0. The number of likely N-dealkylation sites (tertiary alicyclic amines) is 1. The highest BCUT2D eigenvalue weighted by molar-refractivity contribution is 5.92. The molecule has 1 saturated heterocycles. The second kappa shape index (κ2) is 15.7. The van der Waals surface area contributed by atoms with Gasteiger partial charge in [-0.25, -0.2) is 19.4 Å². The first-order valence-electron chi connectivity index (χ1n) is 13.7. The fourth-order valence-electron chi connectivity index (χ4n) is 4.41. The predicted molar refractivity (Wildman–Crippen MR) is 157 cm³/mol. The maximum atomic E-state index is 13.0. The van der Waals surface area contributed by atoms with E-state index in [0.717, 1.165) is 5.56 Å². The summed E-state index contributed by atoms with van der Waals surface area (Å²) >= 11 is 0. The van der Waals surface area contributed by atoms with Crippen LogP contribution in [0.25, 0.3) is 0 Å². The van der Waals surface area contributed by atoms with Gasteiger partial charge in [-0.3, -0.25) is 4.79 Å². The molecule has 0 bridgehead atoms. The summed E-state index contributed by atoms with van der Waals surface area (Å²) in [6, 6.07) is 21.0. The number of hydrogen-bond donors (Lipinski definition) is 5. The molecule has 43 heavy (non-hydrogen) atoms. The molecule has 2 aromatic carbocycles. The fraction of sp³-hybridized carbons (Fsp3) is 0.300. The van der Waals surface area contributed by atoms with Crippen molar-refractivity contribution in [2.45, 2.75) is 31.2 Å². The Morgan fingerprint density at radius 2 is 1.70 bits per heavy atom. The van der Waals surface area contributed by atoms with Gasteiger partial charge in [-0.1, -0.05) is 54.6 Å². The van der Waals surface area contributed by atoms with Crippen molar-refractivity contribution in [2.75, 3.05) is 36.9 Å². The number of urea groups is 1. The number of ether oxygens (including phenoxy) is 2. The molecule has 0 aliphatic carbocycles. The Kier molecular flexibility index (Phi) is 11.3. The van der Waals surface area contributed by atoms with Crippen molar-refractivity contribution in [3.63, 3.8) is 0 Å². The van der Waals surface area contributed by atoms with Gasteiger partial charge in [-0.15, -0.1) is 0 Å². The average Bonchev–Trinajstić information content (AvgIpc) is 3.44. The van der Waals surface area contributed by atoms with E-state index in [0.29, 0.717) is 24.5 Å². The summed E-state index contributed by atoms with van der Waals surface area (Å²) in [5.74, 6) is -1.22. The van der Waals surface area contributed by atoms with Crippen LogP contribution in [0.3, 0.4) is 0 Å². The maximum Gasteiger partial charge on any atom is 0.410 e. The SMILES string of the molecule is O=C(CO[C@@H]1C[C@@H](CNc2ccccn2)N(C(=O)OCc2ccccc2)C1)NC[C@H](NC(=O)Nc1ccccc1)C(=O)O. The van der Waals surface area contributed by atoms with E-state index in [1.807, 2.05) is 42.5 Å². The quantitative estimate of drug-likeness (QED) is 0.201. The van der Waals surface area contributed by atoms with Crippen LogP contribution in [-0.4, -0.2) is 83.4 Å². The predicted octanol–water partition coefficient (Wildman–Crippen LogP) is 2.68. The number of carboxylic acids is 1. The van der Waals surface area contributed by atoms with Crippen LogP contribution in [0.5, 0.6) is 0 Å². The number of amides is 4. The highest BCUT2D eigenvalue weighted by Gasteiger charge is 2.37. The highest BCUT2D eigenvalue weighted by Crippen LogP contribution is 2.22. The van der Waals surface area contributed by atoms with Crippen molar-refractivity contribution >= 4 is 35.5 Å². The summed E-state index contributed by atoms with van der Waals surface area (Å²) in [7, 11) is 0. The number of nitrogens with one attached hydrogen (secondary N) is 4. The second-order valence-corrected chi connectivity index (χ2v) is 9.77. The maximum absolute atomic E-state index is 13.0. The average molecular weight is 591 g/mol. The molecule has 4 amide bonds. The van der Waals surface area contributed by atoms with E-state index in [1.165, 1.54) is 0 Å². The van der Waals surface area contributed by atoms with Gasteiger partial charge in [-0.2, -0.15) is 0 Å². The molecule has 3 aromatic rings. The van der Waals surface area contributed by atoms with Gasteiger partial charge in [0, 0.05) is 25.0 Å². The topological polar surface area (TPSA) is 171 Å². The van der Waals surface area contributed by atoms with Crippen LogP contribution in [0.2, 0.25) is 0 Å². The number of carbonyl (C=O) groups is 4. The molecule has 2 heterocycles. The number of hydrogen-bond acceptors (Lipinski definition) is 8. The number of rotatable bonds is 13. The number of aromatic nitrogens is 1. The molecule has 1 aromatic heterocycles. The zero-order valence-corrected chi connectivity index (χ0v) is 23.3. The summed E-state index contributed by atoms with van der Waals surface area (Å²) in [5.41, 5.74) is 1.35. The zero-order chi connectivity index (χ0) is 30.4. The molecule has 1 aliphatic rings. The Balaban J connectivity index is 1.26.